The number of benzene rings is 1. The Morgan fingerprint density at radius 2 is 2.19 bits per heavy atom. The van der Waals surface area contributed by atoms with E-state index >= 15 is 0 Å². The second-order valence-corrected chi connectivity index (χ2v) is 5.67. The van der Waals surface area contributed by atoms with Crippen molar-refractivity contribution in [1.29, 1.82) is 0 Å². The largest absolute Gasteiger partial charge is 0.392 e. The van der Waals surface area contributed by atoms with Gasteiger partial charge < -0.3 is 10.0 Å². The van der Waals surface area contributed by atoms with E-state index in [4.69, 9.17) is 0 Å². The second kappa shape index (κ2) is 6.52. The monoisotopic (exact) mass is 303 g/mol. The predicted octanol–water partition coefficient (Wildman–Crippen LogP) is 3.13. The summed E-state index contributed by atoms with van der Waals surface area (Å²) in [5.74, 6) is 1.08. The highest BCUT2D eigenvalue weighted by Crippen LogP contribution is 2.25. The third-order valence-corrected chi connectivity index (χ3v) is 3.97. The highest BCUT2D eigenvalue weighted by molar-refractivity contribution is 9.10. The Labute approximate surface area is 110 Å². The zero-order valence-corrected chi connectivity index (χ0v) is 12.3. The zero-order chi connectivity index (χ0) is 12.1. The first-order valence-electron chi connectivity index (χ1n) is 5.21. The molecule has 0 spiro atoms. The maximum absolute atomic E-state index is 9.35. The van der Waals surface area contributed by atoms with Gasteiger partial charge in [-0.05, 0) is 31.4 Å². The number of thioether (sulfide) groups is 1. The van der Waals surface area contributed by atoms with E-state index < -0.39 is 0 Å². The van der Waals surface area contributed by atoms with Crippen molar-refractivity contribution in [2.45, 2.75) is 19.6 Å². The standard InChI is InChI=1S/C12H18BrNOS/c1-9(8-16-3)14(2)12-5-4-11(13)6-10(12)7-15/h4-6,9,15H,7-8H2,1-3H3. The van der Waals surface area contributed by atoms with Gasteiger partial charge in [0.05, 0.1) is 6.61 Å². The quantitative estimate of drug-likeness (QED) is 0.904. The summed E-state index contributed by atoms with van der Waals surface area (Å²) in [5, 5.41) is 9.35. The minimum Gasteiger partial charge on any atom is -0.392 e. The fraction of sp³-hybridized carbons (Fsp3) is 0.500. The normalized spacial score (nSPS) is 12.6. The van der Waals surface area contributed by atoms with Gasteiger partial charge in [0.1, 0.15) is 0 Å². The Balaban J connectivity index is 2.93. The molecule has 2 nitrogen and oxygen atoms in total. The van der Waals surface area contributed by atoms with Crippen molar-refractivity contribution in [3.8, 4) is 0 Å². The lowest BCUT2D eigenvalue weighted by Crippen LogP contribution is -2.31. The van der Waals surface area contributed by atoms with Crippen LogP contribution in [0.4, 0.5) is 5.69 Å². The van der Waals surface area contributed by atoms with Gasteiger partial charge >= 0.3 is 0 Å². The van der Waals surface area contributed by atoms with Crippen molar-refractivity contribution >= 4 is 33.4 Å². The molecule has 0 saturated carbocycles. The first kappa shape index (κ1) is 13.9. The van der Waals surface area contributed by atoms with E-state index in [1.54, 1.807) is 0 Å². The average Bonchev–Trinajstić information content (AvgIpc) is 2.28. The highest BCUT2D eigenvalue weighted by atomic mass is 79.9. The number of nitrogens with zero attached hydrogens (tertiary/aromatic N) is 1. The van der Waals surface area contributed by atoms with E-state index in [1.807, 2.05) is 30.0 Å². The minimum atomic E-state index is 0.0745. The van der Waals surface area contributed by atoms with Gasteiger partial charge in [0.15, 0.2) is 0 Å². The molecule has 0 heterocycles. The van der Waals surface area contributed by atoms with Crippen LogP contribution in [0.25, 0.3) is 0 Å². The lowest BCUT2D eigenvalue weighted by Gasteiger charge is -2.28. The lowest BCUT2D eigenvalue weighted by atomic mass is 10.1. The Bertz CT molecular complexity index is 346. The predicted molar refractivity (Wildman–Crippen MR) is 76.3 cm³/mol. The van der Waals surface area contributed by atoms with Crippen molar-refractivity contribution < 1.29 is 5.11 Å². The van der Waals surface area contributed by atoms with Gasteiger partial charge in [0, 0.05) is 34.6 Å². The molecule has 0 aliphatic heterocycles. The van der Waals surface area contributed by atoms with Gasteiger partial charge in [-0.2, -0.15) is 11.8 Å². The Morgan fingerprint density at radius 1 is 1.50 bits per heavy atom. The van der Waals surface area contributed by atoms with Crippen molar-refractivity contribution in [3.63, 3.8) is 0 Å². The van der Waals surface area contributed by atoms with Gasteiger partial charge in [-0.25, -0.2) is 0 Å². The maximum atomic E-state index is 9.35. The Kier molecular flexibility index (Phi) is 5.66. The molecule has 0 aliphatic rings. The molecule has 0 radical (unpaired) electrons. The summed E-state index contributed by atoms with van der Waals surface area (Å²) in [6, 6.07) is 6.49. The van der Waals surface area contributed by atoms with Crippen LogP contribution in [-0.2, 0) is 6.61 Å². The number of aliphatic hydroxyl groups is 1. The van der Waals surface area contributed by atoms with Gasteiger partial charge in [0.25, 0.3) is 0 Å². The van der Waals surface area contributed by atoms with E-state index in [-0.39, 0.29) is 6.61 Å². The number of hydrogen-bond donors (Lipinski definition) is 1. The first-order valence-corrected chi connectivity index (χ1v) is 7.40. The van der Waals surface area contributed by atoms with E-state index in [2.05, 4.69) is 41.1 Å². The van der Waals surface area contributed by atoms with Crippen LogP contribution in [0.5, 0.6) is 0 Å². The fourth-order valence-electron chi connectivity index (χ4n) is 1.62. The molecule has 1 rings (SSSR count). The van der Waals surface area contributed by atoms with Crippen molar-refractivity contribution in [2.75, 3.05) is 24.0 Å². The molecular weight excluding hydrogens is 286 g/mol. The molecule has 1 unspecified atom stereocenters. The third-order valence-electron chi connectivity index (χ3n) is 2.66. The molecule has 0 fully saturated rings. The SMILES string of the molecule is CSCC(C)N(C)c1ccc(Br)cc1CO. The van der Waals surface area contributed by atoms with Crippen molar-refractivity contribution in [1.82, 2.24) is 0 Å². The zero-order valence-electron chi connectivity index (χ0n) is 9.90. The van der Waals surface area contributed by atoms with Crippen LogP contribution in [0.2, 0.25) is 0 Å². The average molecular weight is 304 g/mol. The van der Waals surface area contributed by atoms with Gasteiger partial charge in [-0.15, -0.1) is 0 Å². The smallest absolute Gasteiger partial charge is 0.0702 e. The summed E-state index contributed by atoms with van der Waals surface area (Å²) in [5.41, 5.74) is 2.07. The Hall–Kier alpha value is -0.190. The first-order chi connectivity index (χ1) is 7.60. The lowest BCUT2D eigenvalue weighted by molar-refractivity contribution is 0.282. The molecule has 1 atom stereocenters. The summed E-state index contributed by atoms with van der Waals surface area (Å²) in [4.78, 5) is 2.22. The summed E-state index contributed by atoms with van der Waals surface area (Å²) < 4.78 is 1.01. The molecule has 0 bridgehead atoms. The van der Waals surface area contributed by atoms with E-state index in [9.17, 15) is 5.11 Å². The van der Waals surface area contributed by atoms with Crippen molar-refractivity contribution in [2.24, 2.45) is 0 Å². The molecule has 90 valence electrons. The van der Waals surface area contributed by atoms with Gasteiger partial charge in [0.2, 0.25) is 0 Å². The van der Waals surface area contributed by atoms with Crippen LogP contribution in [-0.4, -0.2) is 30.2 Å². The summed E-state index contributed by atoms with van der Waals surface area (Å²) >= 11 is 5.26. The fourth-order valence-corrected chi connectivity index (χ4v) is 2.73. The molecule has 0 aliphatic carbocycles. The minimum absolute atomic E-state index is 0.0745. The number of rotatable bonds is 5. The number of anilines is 1. The van der Waals surface area contributed by atoms with Crippen LogP contribution in [0.3, 0.4) is 0 Å². The number of hydrogen-bond acceptors (Lipinski definition) is 3. The van der Waals surface area contributed by atoms with Gasteiger partial charge in [-0.1, -0.05) is 15.9 Å². The van der Waals surface area contributed by atoms with Crippen LogP contribution >= 0.6 is 27.7 Å². The summed E-state index contributed by atoms with van der Waals surface area (Å²) in [6.07, 6.45) is 2.11. The Morgan fingerprint density at radius 3 is 2.75 bits per heavy atom. The van der Waals surface area contributed by atoms with Gasteiger partial charge in [-0.3, -0.25) is 0 Å². The molecule has 0 saturated heterocycles. The topological polar surface area (TPSA) is 23.5 Å². The van der Waals surface area contributed by atoms with Crippen LogP contribution in [0, 0.1) is 0 Å². The highest BCUT2D eigenvalue weighted by Gasteiger charge is 2.12. The summed E-state index contributed by atoms with van der Waals surface area (Å²) in [7, 11) is 2.07. The van der Waals surface area contributed by atoms with Crippen LogP contribution in [0.15, 0.2) is 22.7 Å². The van der Waals surface area contributed by atoms with E-state index in [0.29, 0.717) is 6.04 Å². The summed E-state index contributed by atoms with van der Waals surface area (Å²) in [6.45, 7) is 2.27. The number of aliphatic hydroxyl groups excluding tert-OH is 1. The molecule has 0 amide bonds. The molecule has 0 aromatic heterocycles. The molecule has 1 aromatic carbocycles. The maximum Gasteiger partial charge on any atom is 0.0702 e. The molecule has 1 aromatic rings. The third kappa shape index (κ3) is 3.40. The van der Waals surface area contributed by atoms with Crippen molar-refractivity contribution in [3.05, 3.63) is 28.2 Å². The molecule has 1 N–H and O–H groups in total. The number of halogens is 1. The van der Waals surface area contributed by atoms with E-state index in [1.165, 1.54) is 0 Å². The molecule has 4 heteroatoms. The van der Waals surface area contributed by atoms with Crippen LogP contribution < -0.4 is 4.90 Å². The van der Waals surface area contributed by atoms with E-state index in [0.717, 1.165) is 21.5 Å². The molecular formula is C12H18BrNOS. The molecule has 16 heavy (non-hydrogen) atoms. The second-order valence-electron chi connectivity index (χ2n) is 3.85. The van der Waals surface area contributed by atoms with Crippen LogP contribution in [0.1, 0.15) is 12.5 Å².